The number of anilines is 1. The van der Waals surface area contributed by atoms with Gasteiger partial charge in [0.15, 0.2) is 0 Å². The smallest absolute Gasteiger partial charge is 0.0412 e. The molecule has 0 heterocycles. The Hall–Kier alpha value is -2.25. The van der Waals surface area contributed by atoms with Crippen molar-refractivity contribution in [3.05, 3.63) is 87.9 Å². The van der Waals surface area contributed by atoms with Crippen molar-refractivity contribution in [2.45, 2.75) is 27.3 Å². The summed E-state index contributed by atoms with van der Waals surface area (Å²) < 4.78 is 0. The summed E-state index contributed by atoms with van der Waals surface area (Å²) in [5, 5.41) is 4.32. The average Bonchev–Trinajstić information content (AvgIpc) is 2.55. The summed E-state index contributed by atoms with van der Waals surface area (Å²) in [7, 11) is 0. The molecule has 0 aliphatic carbocycles. The first kappa shape index (κ1) is 16.6. The highest BCUT2D eigenvalue weighted by Crippen LogP contribution is 2.27. The number of halogens is 1. The SMILES string of the molecule is Cc1ccc(CNc2ccc(-c3cccc(Cl)c3)cc2C)c(C)c1. The number of nitrogens with one attached hydrogen (secondary N) is 1. The fourth-order valence-corrected chi connectivity index (χ4v) is 3.13. The quantitative estimate of drug-likeness (QED) is 0.570. The van der Waals surface area contributed by atoms with E-state index in [2.05, 4.69) is 68.6 Å². The maximum atomic E-state index is 6.10. The van der Waals surface area contributed by atoms with Gasteiger partial charge in [-0.25, -0.2) is 0 Å². The van der Waals surface area contributed by atoms with Gasteiger partial charge in [-0.05, 0) is 72.9 Å². The minimum Gasteiger partial charge on any atom is -0.381 e. The molecule has 1 nitrogen and oxygen atoms in total. The molecule has 0 fully saturated rings. The van der Waals surface area contributed by atoms with Crippen LogP contribution < -0.4 is 5.32 Å². The molecule has 1 N–H and O–H groups in total. The van der Waals surface area contributed by atoms with Crippen LogP contribution >= 0.6 is 11.6 Å². The molecular weight excluding hydrogens is 314 g/mol. The summed E-state index contributed by atoms with van der Waals surface area (Å²) in [4.78, 5) is 0. The van der Waals surface area contributed by atoms with Crippen molar-refractivity contribution in [1.29, 1.82) is 0 Å². The largest absolute Gasteiger partial charge is 0.381 e. The molecule has 0 atom stereocenters. The molecule has 0 radical (unpaired) electrons. The van der Waals surface area contributed by atoms with Gasteiger partial charge in [0.05, 0.1) is 0 Å². The highest BCUT2D eigenvalue weighted by atomic mass is 35.5. The van der Waals surface area contributed by atoms with Gasteiger partial charge in [-0.1, -0.05) is 53.6 Å². The molecule has 0 spiro atoms. The third-order valence-corrected chi connectivity index (χ3v) is 4.59. The molecule has 0 amide bonds. The minimum atomic E-state index is 0.766. The van der Waals surface area contributed by atoms with Crippen LogP contribution in [0.2, 0.25) is 5.02 Å². The lowest BCUT2D eigenvalue weighted by molar-refractivity contribution is 1.11. The highest BCUT2D eigenvalue weighted by Gasteiger charge is 2.04. The van der Waals surface area contributed by atoms with E-state index in [1.807, 2.05) is 18.2 Å². The van der Waals surface area contributed by atoms with Gasteiger partial charge in [0, 0.05) is 17.3 Å². The normalized spacial score (nSPS) is 10.7. The Kier molecular flexibility index (Phi) is 4.92. The number of hydrogen-bond acceptors (Lipinski definition) is 1. The van der Waals surface area contributed by atoms with Crippen molar-refractivity contribution in [2.75, 3.05) is 5.32 Å². The van der Waals surface area contributed by atoms with E-state index in [-0.39, 0.29) is 0 Å². The predicted molar refractivity (Wildman–Crippen MR) is 105 cm³/mol. The predicted octanol–water partition coefficient (Wildman–Crippen LogP) is 6.54. The van der Waals surface area contributed by atoms with Crippen LogP contribution in [0.5, 0.6) is 0 Å². The molecule has 0 bridgehead atoms. The number of aryl methyl sites for hydroxylation is 3. The Morgan fingerprint density at radius 3 is 2.29 bits per heavy atom. The third kappa shape index (κ3) is 3.80. The number of rotatable bonds is 4. The van der Waals surface area contributed by atoms with Crippen LogP contribution in [0, 0.1) is 20.8 Å². The molecular formula is C22H22ClN. The second-order valence-electron chi connectivity index (χ2n) is 6.32. The van der Waals surface area contributed by atoms with Crippen molar-refractivity contribution in [3.63, 3.8) is 0 Å². The van der Waals surface area contributed by atoms with Crippen molar-refractivity contribution < 1.29 is 0 Å². The topological polar surface area (TPSA) is 12.0 Å². The molecule has 0 aromatic heterocycles. The lowest BCUT2D eigenvalue weighted by atomic mass is 10.0. The molecule has 0 unspecified atom stereocenters. The molecule has 0 aliphatic heterocycles. The summed E-state index contributed by atoms with van der Waals surface area (Å²) in [6.45, 7) is 7.27. The molecule has 0 saturated heterocycles. The Morgan fingerprint density at radius 1 is 0.792 bits per heavy atom. The molecule has 24 heavy (non-hydrogen) atoms. The standard InChI is InChI=1S/C22H22ClN/c1-15-7-8-20(16(2)11-15)14-24-22-10-9-19(12-17(22)3)18-5-4-6-21(23)13-18/h4-13,24H,14H2,1-3H3. The van der Waals surface area contributed by atoms with E-state index in [1.165, 1.54) is 33.5 Å². The number of hydrogen-bond donors (Lipinski definition) is 1. The van der Waals surface area contributed by atoms with Crippen LogP contribution in [0.1, 0.15) is 22.3 Å². The van der Waals surface area contributed by atoms with E-state index >= 15 is 0 Å². The first-order valence-corrected chi connectivity index (χ1v) is 8.57. The van der Waals surface area contributed by atoms with Gasteiger partial charge >= 0.3 is 0 Å². The molecule has 122 valence electrons. The van der Waals surface area contributed by atoms with Gasteiger partial charge in [0.1, 0.15) is 0 Å². The third-order valence-electron chi connectivity index (χ3n) is 4.35. The first-order chi connectivity index (χ1) is 11.5. The van der Waals surface area contributed by atoms with Crippen molar-refractivity contribution in [1.82, 2.24) is 0 Å². The lowest BCUT2D eigenvalue weighted by Crippen LogP contribution is -2.03. The molecule has 0 saturated carbocycles. The lowest BCUT2D eigenvalue weighted by Gasteiger charge is -2.13. The summed E-state index contributed by atoms with van der Waals surface area (Å²) in [6, 6.07) is 21.1. The Labute approximate surface area is 149 Å². The molecule has 0 aliphatic rings. The van der Waals surface area contributed by atoms with Gasteiger partial charge in [0.2, 0.25) is 0 Å². The fraction of sp³-hybridized carbons (Fsp3) is 0.182. The molecule has 3 aromatic rings. The molecule has 3 aromatic carbocycles. The summed E-state index contributed by atoms with van der Waals surface area (Å²) in [5.41, 5.74) is 8.70. The van der Waals surface area contributed by atoms with Crippen molar-refractivity contribution in [3.8, 4) is 11.1 Å². The van der Waals surface area contributed by atoms with Crippen molar-refractivity contribution >= 4 is 17.3 Å². The summed E-state index contributed by atoms with van der Waals surface area (Å²) in [6.07, 6.45) is 0. The van der Waals surface area contributed by atoms with E-state index in [0.29, 0.717) is 0 Å². The summed E-state index contributed by atoms with van der Waals surface area (Å²) in [5.74, 6) is 0. The van der Waals surface area contributed by atoms with Crippen LogP contribution in [-0.4, -0.2) is 0 Å². The van der Waals surface area contributed by atoms with E-state index in [4.69, 9.17) is 11.6 Å². The first-order valence-electron chi connectivity index (χ1n) is 8.19. The molecule has 2 heteroatoms. The van der Waals surface area contributed by atoms with E-state index in [0.717, 1.165) is 17.1 Å². The van der Waals surface area contributed by atoms with Crippen LogP contribution in [0.15, 0.2) is 60.7 Å². The van der Waals surface area contributed by atoms with Crippen LogP contribution in [0.25, 0.3) is 11.1 Å². The maximum absolute atomic E-state index is 6.10. The summed E-state index contributed by atoms with van der Waals surface area (Å²) >= 11 is 6.10. The zero-order valence-electron chi connectivity index (χ0n) is 14.4. The highest BCUT2D eigenvalue weighted by molar-refractivity contribution is 6.30. The van der Waals surface area contributed by atoms with Gasteiger partial charge in [-0.2, -0.15) is 0 Å². The molecule has 3 rings (SSSR count). The monoisotopic (exact) mass is 335 g/mol. The maximum Gasteiger partial charge on any atom is 0.0412 e. The van der Waals surface area contributed by atoms with Crippen LogP contribution in [-0.2, 0) is 6.54 Å². The van der Waals surface area contributed by atoms with Gasteiger partial charge < -0.3 is 5.32 Å². The zero-order chi connectivity index (χ0) is 17.1. The fourth-order valence-electron chi connectivity index (χ4n) is 2.94. The van der Waals surface area contributed by atoms with Crippen LogP contribution in [0.4, 0.5) is 5.69 Å². The second-order valence-corrected chi connectivity index (χ2v) is 6.76. The van der Waals surface area contributed by atoms with Gasteiger partial charge in [-0.3, -0.25) is 0 Å². The minimum absolute atomic E-state index is 0.766. The number of benzene rings is 3. The van der Waals surface area contributed by atoms with Gasteiger partial charge in [-0.15, -0.1) is 0 Å². The van der Waals surface area contributed by atoms with Crippen molar-refractivity contribution in [2.24, 2.45) is 0 Å². The van der Waals surface area contributed by atoms with E-state index in [1.54, 1.807) is 0 Å². The second kappa shape index (κ2) is 7.11. The Balaban J connectivity index is 1.78. The Morgan fingerprint density at radius 2 is 1.58 bits per heavy atom. The van der Waals surface area contributed by atoms with E-state index in [9.17, 15) is 0 Å². The van der Waals surface area contributed by atoms with Gasteiger partial charge in [0.25, 0.3) is 0 Å². The van der Waals surface area contributed by atoms with E-state index < -0.39 is 0 Å². The zero-order valence-corrected chi connectivity index (χ0v) is 15.1. The Bertz CT molecular complexity index is 868. The average molecular weight is 336 g/mol. The van der Waals surface area contributed by atoms with Crippen LogP contribution in [0.3, 0.4) is 0 Å².